The van der Waals surface area contributed by atoms with Crippen LogP contribution in [0, 0.1) is 0 Å². The molecule has 4 rings (SSSR count). The third kappa shape index (κ3) is 3.96. The molecule has 7 heteroatoms. The zero-order valence-corrected chi connectivity index (χ0v) is 17.3. The van der Waals surface area contributed by atoms with Gasteiger partial charge in [-0.05, 0) is 37.4 Å². The van der Waals surface area contributed by atoms with Crippen LogP contribution in [0.1, 0.15) is 22.8 Å². The highest BCUT2D eigenvalue weighted by Crippen LogP contribution is 2.34. The molecule has 0 radical (unpaired) electrons. The van der Waals surface area contributed by atoms with E-state index >= 15 is 0 Å². The summed E-state index contributed by atoms with van der Waals surface area (Å²) in [5, 5.41) is 0.884. The Morgan fingerprint density at radius 3 is 2.86 bits per heavy atom. The van der Waals surface area contributed by atoms with Gasteiger partial charge in [-0.1, -0.05) is 30.0 Å². The fourth-order valence-corrected chi connectivity index (χ4v) is 3.93. The highest BCUT2D eigenvalue weighted by molar-refractivity contribution is 7.98. The number of carbonyl (C=O) groups excluding carboxylic acids is 1. The molecule has 1 aliphatic rings. The van der Waals surface area contributed by atoms with Gasteiger partial charge in [0.2, 0.25) is 0 Å². The van der Waals surface area contributed by atoms with E-state index in [9.17, 15) is 4.79 Å². The predicted octanol–water partition coefficient (Wildman–Crippen LogP) is 4.03. The quantitative estimate of drug-likeness (QED) is 0.576. The molecule has 0 fully saturated rings. The standard InChI is InChI=1S/C22H23N3O3S/c1-3-24(15-17-7-5-9-19-20(17)28-13-12-27-19)21(26)16-6-4-8-18(14-16)25-11-10-23-22(25)29-2/h4-11,14H,3,12-13,15H2,1-2H3. The fraction of sp³-hybridized carbons (Fsp3) is 0.273. The maximum Gasteiger partial charge on any atom is 0.254 e. The van der Waals surface area contributed by atoms with Crippen LogP contribution in [0.25, 0.3) is 5.69 Å². The van der Waals surface area contributed by atoms with Crippen LogP contribution in [0.3, 0.4) is 0 Å². The van der Waals surface area contributed by atoms with Crippen molar-refractivity contribution >= 4 is 17.7 Å². The molecular weight excluding hydrogens is 386 g/mol. The lowest BCUT2D eigenvalue weighted by Gasteiger charge is -2.25. The first-order chi connectivity index (χ1) is 14.2. The molecule has 0 N–H and O–H groups in total. The van der Waals surface area contributed by atoms with E-state index in [1.165, 1.54) is 0 Å². The normalized spacial score (nSPS) is 12.6. The summed E-state index contributed by atoms with van der Waals surface area (Å²) in [6.45, 7) is 4.11. The number of hydrogen-bond acceptors (Lipinski definition) is 5. The molecule has 0 spiro atoms. The van der Waals surface area contributed by atoms with Crippen LogP contribution in [-0.2, 0) is 6.54 Å². The molecule has 0 saturated carbocycles. The Morgan fingerprint density at radius 2 is 2.03 bits per heavy atom. The topological polar surface area (TPSA) is 56.6 Å². The summed E-state index contributed by atoms with van der Waals surface area (Å²) < 4.78 is 13.5. The number of carbonyl (C=O) groups is 1. The summed E-state index contributed by atoms with van der Waals surface area (Å²) >= 11 is 1.57. The molecule has 0 aliphatic carbocycles. The Labute approximate surface area is 174 Å². The van der Waals surface area contributed by atoms with E-state index < -0.39 is 0 Å². The van der Waals surface area contributed by atoms with Crippen LogP contribution < -0.4 is 9.47 Å². The predicted molar refractivity (Wildman–Crippen MR) is 113 cm³/mol. The highest BCUT2D eigenvalue weighted by atomic mass is 32.2. The Balaban J connectivity index is 1.59. The number of nitrogens with zero attached hydrogens (tertiary/aromatic N) is 3. The zero-order chi connectivity index (χ0) is 20.2. The van der Waals surface area contributed by atoms with Crippen LogP contribution in [0.5, 0.6) is 11.5 Å². The molecule has 150 valence electrons. The summed E-state index contributed by atoms with van der Waals surface area (Å²) in [6.07, 6.45) is 5.65. The second-order valence-electron chi connectivity index (χ2n) is 6.59. The fourth-order valence-electron chi connectivity index (χ4n) is 3.40. The number of amides is 1. The molecule has 3 aromatic rings. The molecule has 0 bridgehead atoms. The second kappa shape index (κ2) is 8.61. The van der Waals surface area contributed by atoms with Crippen molar-refractivity contribution in [3.05, 3.63) is 66.0 Å². The number of fused-ring (bicyclic) bond motifs is 1. The molecule has 0 atom stereocenters. The monoisotopic (exact) mass is 409 g/mol. The Morgan fingerprint density at radius 1 is 1.21 bits per heavy atom. The van der Waals surface area contributed by atoms with Crippen LogP contribution >= 0.6 is 11.8 Å². The van der Waals surface area contributed by atoms with E-state index in [-0.39, 0.29) is 5.91 Å². The Hall–Kier alpha value is -2.93. The first-order valence-corrected chi connectivity index (χ1v) is 10.8. The number of rotatable bonds is 6. The number of aromatic nitrogens is 2. The number of ether oxygens (including phenoxy) is 2. The van der Waals surface area contributed by atoms with Gasteiger partial charge in [0.05, 0.1) is 0 Å². The van der Waals surface area contributed by atoms with Crippen molar-refractivity contribution in [3.8, 4) is 17.2 Å². The third-order valence-electron chi connectivity index (χ3n) is 4.84. The van der Waals surface area contributed by atoms with Crippen molar-refractivity contribution in [2.45, 2.75) is 18.6 Å². The SMILES string of the molecule is CCN(Cc1cccc2c1OCCO2)C(=O)c1cccc(-n2ccnc2SC)c1. The van der Waals surface area contributed by atoms with E-state index in [1.54, 1.807) is 18.0 Å². The molecule has 2 aromatic carbocycles. The molecule has 0 unspecified atom stereocenters. The van der Waals surface area contributed by atoms with Gasteiger partial charge >= 0.3 is 0 Å². The van der Waals surface area contributed by atoms with Gasteiger partial charge < -0.3 is 14.4 Å². The summed E-state index contributed by atoms with van der Waals surface area (Å²) in [5.41, 5.74) is 2.52. The van der Waals surface area contributed by atoms with Crippen molar-refractivity contribution in [3.63, 3.8) is 0 Å². The van der Waals surface area contributed by atoms with Gasteiger partial charge in [-0.15, -0.1) is 0 Å². The Kier molecular flexibility index (Phi) is 5.76. The molecule has 1 amide bonds. The number of imidazole rings is 1. The van der Waals surface area contributed by atoms with Gasteiger partial charge in [0.1, 0.15) is 13.2 Å². The zero-order valence-electron chi connectivity index (χ0n) is 16.5. The van der Waals surface area contributed by atoms with E-state index in [1.807, 2.05) is 71.3 Å². The van der Waals surface area contributed by atoms with Gasteiger partial charge in [-0.3, -0.25) is 9.36 Å². The summed E-state index contributed by atoms with van der Waals surface area (Å²) in [5.74, 6) is 1.46. The number of hydrogen-bond donors (Lipinski definition) is 0. The van der Waals surface area contributed by atoms with Crippen molar-refractivity contribution < 1.29 is 14.3 Å². The van der Waals surface area contributed by atoms with Crippen molar-refractivity contribution in [1.82, 2.24) is 14.5 Å². The maximum absolute atomic E-state index is 13.2. The minimum absolute atomic E-state index is 0.0190. The second-order valence-corrected chi connectivity index (χ2v) is 7.37. The molecule has 0 saturated heterocycles. The number of thioether (sulfide) groups is 1. The lowest BCUT2D eigenvalue weighted by Crippen LogP contribution is -2.31. The molecular formula is C22H23N3O3S. The molecule has 6 nitrogen and oxygen atoms in total. The van der Waals surface area contributed by atoms with Gasteiger partial charge in [-0.2, -0.15) is 0 Å². The Bertz CT molecular complexity index is 1020. The van der Waals surface area contributed by atoms with Gasteiger partial charge in [0, 0.05) is 42.3 Å². The van der Waals surface area contributed by atoms with Crippen LogP contribution in [0.4, 0.5) is 0 Å². The largest absolute Gasteiger partial charge is 0.486 e. The lowest BCUT2D eigenvalue weighted by atomic mass is 10.1. The number of para-hydroxylation sites is 1. The molecule has 29 heavy (non-hydrogen) atoms. The minimum atomic E-state index is -0.0190. The van der Waals surface area contributed by atoms with Crippen molar-refractivity contribution in [1.29, 1.82) is 0 Å². The highest BCUT2D eigenvalue weighted by Gasteiger charge is 2.21. The van der Waals surface area contributed by atoms with Gasteiger partial charge in [0.15, 0.2) is 16.7 Å². The average Bonchev–Trinajstić information content (AvgIpc) is 3.26. The molecule has 2 heterocycles. The summed E-state index contributed by atoms with van der Waals surface area (Å²) in [7, 11) is 0. The van der Waals surface area contributed by atoms with Crippen LogP contribution in [0.2, 0.25) is 0 Å². The first-order valence-electron chi connectivity index (χ1n) is 9.55. The molecule has 1 aromatic heterocycles. The average molecular weight is 410 g/mol. The van der Waals surface area contributed by atoms with E-state index in [2.05, 4.69) is 4.98 Å². The van der Waals surface area contributed by atoms with Crippen LogP contribution in [-0.4, -0.2) is 46.4 Å². The molecule has 1 aliphatic heterocycles. The number of benzene rings is 2. The third-order valence-corrected chi connectivity index (χ3v) is 5.51. The summed E-state index contributed by atoms with van der Waals surface area (Å²) in [6, 6.07) is 13.5. The smallest absolute Gasteiger partial charge is 0.254 e. The maximum atomic E-state index is 13.2. The van der Waals surface area contributed by atoms with E-state index in [0.717, 1.165) is 27.9 Å². The van der Waals surface area contributed by atoms with Gasteiger partial charge in [-0.25, -0.2) is 4.98 Å². The van der Waals surface area contributed by atoms with E-state index in [0.29, 0.717) is 31.9 Å². The van der Waals surface area contributed by atoms with Gasteiger partial charge in [0.25, 0.3) is 5.91 Å². The lowest BCUT2D eigenvalue weighted by molar-refractivity contribution is 0.0749. The van der Waals surface area contributed by atoms with Crippen molar-refractivity contribution in [2.75, 3.05) is 26.0 Å². The first kappa shape index (κ1) is 19.4. The van der Waals surface area contributed by atoms with Crippen LogP contribution in [0.15, 0.2) is 60.0 Å². The summed E-state index contributed by atoms with van der Waals surface area (Å²) in [4.78, 5) is 19.4. The minimum Gasteiger partial charge on any atom is -0.486 e. The van der Waals surface area contributed by atoms with E-state index in [4.69, 9.17) is 9.47 Å². The van der Waals surface area contributed by atoms with Crippen molar-refractivity contribution in [2.24, 2.45) is 0 Å².